The fourth-order valence-electron chi connectivity index (χ4n) is 2.01. The van der Waals surface area contributed by atoms with E-state index in [4.69, 9.17) is 0 Å². The molecule has 0 saturated carbocycles. The predicted octanol–water partition coefficient (Wildman–Crippen LogP) is 1.53. The first-order valence-corrected chi connectivity index (χ1v) is 9.38. The summed E-state index contributed by atoms with van der Waals surface area (Å²) in [6.07, 6.45) is 2.07. The van der Waals surface area contributed by atoms with Crippen molar-refractivity contribution in [1.82, 2.24) is 9.62 Å². The number of nitrogens with zero attached hydrogens (tertiary/aromatic N) is 1. The SMILES string of the molecule is CCCNCC(C)S(=O)(=O)N1CCSC(CC)C1. The quantitative estimate of drug-likeness (QED) is 0.724. The maximum absolute atomic E-state index is 12.4. The van der Waals surface area contributed by atoms with Gasteiger partial charge in [-0.05, 0) is 26.3 Å². The minimum Gasteiger partial charge on any atom is -0.315 e. The molecule has 2 unspecified atom stereocenters. The molecule has 18 heavy (non-hydrogen) atoms. The molecule has 1 heterocycles. The van der Waals surface area contributed by atoms with Crippen molar-refractivity contribution in [2.45, 2.75) is 44.1 Å². The summed E-state index contributed by atoms with van der Waals surface area (Å²) in [4.78, 5) is 0. The Labute approximate surface area is 116 Å². The summed E-state index contributed by atoms with van der Waals surface area (Å²) in [5.74, 6) is 0.923. The second kappa shape index (κ2) is 7.72. The van der Waals surface area contributed by atoms with Crippen LogP contribution in [0.5, 0.6) is 0 Å². The van der Waals surface area contributed by atoms with Crippen molar-refractivity contribution in [1.29, 1.82) is 0 Å². The summed E-state index contributed by atoms with van der Waals surface area (Å²) in [7, 11) is -3.13. The van der Waals surface area contributed by atoms with Crippen LogP contribution < -0.4 is 5.32 Å². The van der Waals surface area contributed by atoms with E-state index in [2.05, 4.69) is 19.2 Å². The lowest BCUT2D eigenvalue weighted by molar-refractivity contribution is 0.407. The lowest BCUT2D eigenvalue weighted by atomic mass is 10.3. The number of nitrogens with one attached hydrogen (secondary N) is 1. The van der Waals surface area contributed by atoms with Gasteiger partial charge < -0.3 is 5.32 Å². The van der Waals surface area contributed by atoms with E-state index in [1.165, 1.54) is 0 Å². The molecule has 0 aromatic carbocycles. The third-order valence-corrected chi connectivity index (χ3v) is 6.89. The molecule has 1 aliphatic rings. The van der Waals surface area contributed by atoms with Crippen molar-refractivity contribution in [2.75, 3.05) is 31.9 Å². The Morgan fingerprint density at radius 1 is 1.44 bits per heavy atom. The summed E-state index contributed by atoms with van der Waals surface area (Å²) in [5.41, 5.74) is 0. The summed E-state index contributed by atoms with van der Waals surface area (Å²) < 4.78 is 26.5. The van der Waals surface area contributed by atoms with Crippen molar-refractivity contribution in [3.63, 3.8) is 0 Å². The van der Waals surface area contributed by atoms with E-state index in [0.717, 1.165) is 25.1 Å². The molecule has 0 aromatic rings. The molecule has 1 aliphatic heterocycles. The van der Waals surface area contributed by atoms with Gasteiger partial charge in [0, 0.05) is 30.6 Å². The van der Waals surface area contributed by atoms with E-state index in [-0.39, 0.29) is 5.25 Å². The smallest absolute Gasteiger partial charge is 0.218 e. The Balaban J connectivity index is 2.55. The standard InChI is InChI=1S/C12H26N2O2S2/c1-4-6-13-9-11(3)18(15,16)14-7-8-17-12(5-2)10-14/h11-13H,4-10H2,1-3H3. The average Bonchev–Trinajstić information content (AvgIpc) is 2.39. The molecular formula is C12H26N2O2S2. The summed E-state index contributed by atoms with van der Waals surface area (Å²) in [6.45, 7) is 8.80. The first kappa shape index (κ1) is 16.3. The minimum atomic E-state index is -3.13. The Hall–Kier alpha value is 0.220. The molecule has 0 amide bonds. The van der Waals surface area contributed by atoms with Crippen LogP contribution >= 0.6 is 11.8 Å². The zero-order valence-corrected chi connectivity index (χ0v) is 13.3. The molecule has 1 N–H and O–H groups in total. The van der Waals surface area contributed by atoms with Crippen molar-refractivity contribution >= 4 is 21.8 Å². The number of hydrogen-bond donors (Lipinski definition) is 1. The van der Waals surface area contributed by atoms with Gasteiger partial charge in [-0.3, -0.25) is 0 Å². The van der Waals surface area contributed by atoms with E-state index >= 15 is 0 Å². The van der Waals surface area contributed by atoms with Gasteiger partial charge in [-0.25, -0.2) is 8.42 Å². The Morgan fingerprint density at radius 2 is 2.17 bits per heavy atom. The first-order valence-electron chi connectivity index (χ1n) is 6.83. The molecular weight excluding hydrogens is 268 g/mol. The molecule has 2 atom stereocenters. The van der Waals surface area contributed by atoms with Gasteiger partial charge in [0.25, 0.3) is 0 Å². The number of sulfonamides is 1. The summed E-state index contributed by atoms with van der Waals surface area (Å²) >= 11 is 1.89. The highest BCUT2D eigenvalue weighted by atomic mass is 32.2. The molecule has 0 aromatic heterocycles. The van der Waals surface area contributed by atoms with Crippen molar-refractivity contribution in [3.05, 3.63) is 0 Å². The number of rotatable bonds is 7. The molecule has 0 radical (unpaired) electrons. The van der Waals surface area contributed by atoms with Crippen LogP contribution in [0.4, 0.5) is 0 Å². The molecule has 1 saturated heterocycles. The third-order valence-electron chi connectivity index (χ3n) is 3.28. The minimum absolute atomic E-state index is 0.329. The largest absolute Gasteiger partial charge is 0.315 e. The maximum Gasteiger partial charge on any atom is 0.218 e. The number of thioether (sulfide) groups is 1. The van der Waals surface area contributed by atoms with Gasteiger partial charge in [0.1, 0.15) is 0 Å². The van der Waals surface area contributed by atoms with Crippen LogP contribution in [0.15, 0.2) is 0 Å². The van der Waals surface area contributed by atoms with E-state index in [1.807, 2.05) is 11.8 Å². The van der Waals surface area contributed by atoms with Crippen molar-refractivity contribution < 1.29 is 8.42 Å². The molecule has 1 fully saturated rings. The fraction of sp³-hybridized carbons (Fsp3) is 1.00. The van der Waals surface area contributed by atoms with Gasteiger partial charge in [0.05, 0.1) is 5.25 Å². The lowest BCUT2D eigenvalue weighted by Gasteiger charge is -2.33. The fourth-order valence-corrected chi connectivity index (χ4v) is 4.97. The molecule has 6 heteroatoms. The summed E-state index contributed by atoms with van der Waals surface area (Å²) in [6, 6.07) is 0. The zero-order valence-electron chi connectivity index (χ0n) is 11.7. The highest BCUT2D eigenvalue weighted by Gasteiger charge is 2.32. The van der Waals surface area contributed by atoms with Gasteiger partial charge in [-0.15, -0.1) is 0 Å². The highest BCUT2D eigenvalue weighted by Crippen LogP contribution is 2.24. The second-order valence-corrected chi connectivity index (χ2v) is 8.58. The maximum atomic E-state index is 12.4. The van der Waals surface area contributed by atoms with Crippen LogP contribution in [0.25, 0.3) is 0 Å². The Kier molecular flexibility index (Phi) is 6.98. The second-order valence-electron chi connectivity index (χ2n) is 4.82. The highest BCUT2D eigenvalue weighted by molar-refractivity contribution is 8.00. The average molecular weight is 294 g/mol. The van der Waals surface area contributed by atoms with Gasteiger partial charge in [0.2, 0.25) is 10.0 Å². The molecule has 1 rings (SSSR count). The zero-order chi connectivity index (χ0) is 13.6. The predicted molar refractivity (Wildman–Crippen MR) is 79.7 cm³/mol. The van der Waals surface area contributed by atoms with Gasteiger partial charge in [-0.1, -0.05) is 13.8 Å². The van der Waals surface area contributed by atoms with E-state index < -0.39 is 10.0 Å². The van der Waals surface area contributed by atoms with Gasteiger partial charge >= 0.3 is 0 Å². The van der Waals surface area contributed by atoms with Crippen molar-refractivity contribution in [3.8, 4) is 0 Å². The van der Waals surface area contributed by atoms with E-state index in [0.29, 0.717) is 24.9 Å². The van der Waals surface area contributed by atoms with Crippen LogP contribution in [0.3, 0.4) is 0 Å². The van der Waals surface area contributed by atoms with Crippen molar-refractivity contribution in [2.24, 2.45) is 0 Å². The van der Waals surface area contributed by atoms with Crippen LogP contribution in [0, 0.1) is 0 Å². The summed E-state index contributed by atoms with van der Waals surface area (Å²) in [5, 5.41) is 3.33. The number of hydrogen-bond acceptors (Lipinski definition) is 4. The van der Waals surface area contributed by atoms with Gasteiger partial charge in [-0.2, -0.15) is 16.1 Å². The monoisotopic (exact) mass is 294 g/mol. The topological polar surface area (TPSA) is 49.4 Å². The molecule has 108 valence electrons. The first-order chi connectivity index (χ1) is 8.52. The van der Waals surface area contributed by atoms with E-state index in [1.54, 1.807) is 11.2 Å². The molecule has 4 nitrogen and oxygen atoms in total. The Morgan fingerprint density at radius 3 is 2.78 bits per heavy atom. The van der Waals surface area contributed by atoms with Crippen LogP contribution in [0.2, 0.25) is 0 Å². The van der Waals surface area contributed by atoms with Crippen LogP contribution in [-0.2, 0) is 10.0 Å². The molecule has 0 spiro atoms. The Bertz CT molecular complexity index is 333. The lowest BCUT2D eigenvalue weighted by Crippen LogP contribution is -2.47. The van der Waals surface area contributed by atoms with Crippen LogP contribution in [0.1, 0.15) is 33.6 Å². The van der Waals surface area contributed by atoms with Crippen LogP contribution in [-0.4, -0.2) is 55.2 Å². The normalized spacial score (nSPS) is 24.1. The molecule has 0 aliphatic carbocycles. The molecule has 0 bridgehead atoms. The third kappa shape index (κ3) is 4.40. The van der Waals surface area contributed by atoms with Gasteiger partial charge in [0.15, 0.2) is 0 Å². The van der Waals surface area contributed by atoms with E-state index in [9.17, 15) is 8.42 Å².